The Morgan fingerprint density at radius 3 is 2.81 bits per heavy atom. The number of anilines is 1. The van der Waals surface area contributed by atoms with Crippen LogP contribution in [0.3, 0.4) is 0 Å². The summed E-state index contributed by atoms with van der Waals surface area (Å²) in [4.78, 5) is 26.6. The van der Waals surface area contributed by atoms with Crippen LogP contribution < -0.4 is 21.1 Å². The van der Waals surface area contributed by atoms with Crippen LogP contribution in [0.1, 0.15) is 62.2 Å². The van der Waals surface area contributed by atoms with Gasteiger partial charge in [0.15, 0.2) is 0 Å². The zero-order chi connectivity index (χ0) is 26.8. The Kier molecular flexibility index (Phi) is 10.8. The molecule has 37 heavy (non-hydrogen) atoms. The number of amides is 3. The maximum atomic E-state index is 14.6. The average Bonchev–Trinajstić information content (AvgIpc) is 3.25. The summed E-state index contributed by atoms with van der Waals surface area (Å²) in [6.07, 6.45) is 9.82. The minimum atomic E-state index is -1.83. The second kappa shape index (κ2) is 13.8. The van der Waals surface area contributed by atoms with Crippen LogP contribution in [0, 0.1) is 5.92 Å². The number of aliphatic hydroxyl groups is 1. The van der Waals surface area contributed by atoms with Crippen molar-refractivity contribution in [2.45, 2.75) is 63.6 Å². The fourth-order valence-electron chi connectivity index (χ4n) is 4.40. The molecule has 12 heteroatoms. The lowest BCUT2D eigenvalue weighted by atomic mass is 9.87. The van der Waals surface area contributed by atoms with Crippen molar-refractivity contribution in [2.75, 3.05) is 38.1 Å². The first-order valence-corrected chi connectivity index (χ1v) is 13.6. The smallest absolute Gasteiger partial charge is 0.319 e. The first kappa shape index (κ1) is 29.0. The number of hydrogen-bond donors (Lipinski definition) is 4. The number of aliphatic hydroxyl groups excluding tert-OH is 1. The van der Waals surface area contributed by atoms with E-state index < -0.39 is 29.4 Å². The van der Waals surface area contributed by atoms with Crippen molar-refractivity contribution >= 4 is 28.5 Å². The highest BCUT2D eigenvalue weighted by Crippen LogP contribution is 2.34. The molecular formula is C25H37F2N5O4S. The minimum Gasteiger partial charge on any atom is -0.476 e. The summed E-state index contributed by atoms with van der Waals surface area (Å²) in [7, 11) is 0. The van der Waals surface area contributed by atoms with Crippen molar-refractivity contribution in [2.24, 2.45) is 11.7 Å². The number of nitrogens with one attached hydrogen (secondary N) is 2. The molecule has 1 aromatic rings. The van der Waals surface area contributed by atoms with Crippen molar-refractivity contribution in [3.05, 3.63) is 29.6 Å². The number of aromatic nitrogens is 1. The largest absolute Gasteiger partial charge is 0.476 e. The number of β-amino-alcohol motifs (C(OH)–C–C–N with tert-alkyl or cyclic N) is 1. The molecule has 3 rings (SSSR count). The van der Waals surface area contributed by atoms with Crippen molar-refractivity contribution < 1.29 is 28.2 Å². The van der Waals surface area contributed by atoms with Gasteiger partial charge in [-0.3, -0.25) is 10.1 Å². The number of ether oxygens (including phenoxy) is 1. The molecule has 1 saturated heterocycles. The van der Waals surface area contributed by atoms with Crippen LogP contribution in [0.2, 0.25) is 0 Å². The Balaban J connectivity index is 1.38. The lowest BCUT2D eigenvalue weighted by Gasteiger charge is -2.28. The van der Waals surface area contributed by atoms with E-state index in [-0.39, 0.29) is 29.2 Å². The van der Waals surface area contributed by atoms with Crippen molar-refractivity contribution in [1.82, 2.24) is 14.6 Å². The summed E-state index contributed by atoms with van der Waals surface area (Å²) < 4.78 is 37.7. The Hall–Kier alpha value is -2.57. The van der Waals surface area contributed by atoms with E-state index in [4.69, 9.17) is 10.5 Å². The van der Waals surface area contributed by atoms with Gasteiger partial charge in [0, 0.05) is 13.1 Å². The summed E-state index contributed by atoms with van der Waals surface area (Å²) in [5, 5.41) is 15.6. The molecule has 0 radical (unpaired) electrons. The third-order valence-electron chi connectivity index (χ3n) is 6.61. The van der Waals surface area contributed by atoms with E-state index in [1.807, 2.05) is 0 Å². The number of rotatable bonds is 13. The molecule has 2 heterocycles. The molecule has 3 amide bonds. The Morgan fingerprint density at radius 2 is 2.08 bits per heavy atom. The molecule has 1 aliphatic carbocycles. The number of nitrogens with zero attached hydrogens (tertiary/aromatic N) is 2. The molecule has 9 nitrogen and oxygen atoms in total. The van der Waals surface area contributed by atoms with Crippen LogP contribution in [0.15, 0.2) is 24.1 Å². The number of urea groups is 1. The van der Waals surface area contributed by atoms with Crippen LogP contribution >= 0.6 is 11.5 Å². The lowest BCUT2D eigenvalue weighted by Crippen LogP contribution is -2.36. The molecule has 0 spiro atoms. The van der Waals surface area contributed by atoms with E-state index in [2.05, 4.69) is 19.9 Å². The second-order valence-corrected chi connectivity index (χ2v) is 10.5. The van der Waals surface area contributed by atoms with Gasteiger partial charge in [-0.2, -0.15) is 4.37 Å². The SMILES string of the molecule is CC1(F)C=CC(F)=CC1COc1nsc(NC(=O)NCCCCCC(O)CN2CCCCC2)c1C(N)=O. The van der Waals surface area contributed by atoms with Crippen LogP contribution in [0.25, 0.3) is 0 Å². The third-order valence-corrected chi connectivity index (χ3v) is 7.35. The topological polar surface area (TPSA) is 130 Å². The number of nitrogens with two attached hydrogens (primary N) is 1. The summed E-state index contributed by atoms with van der Waals surface area (Å²) in [6.45, 7) is 4.30. The van der Waals surface area contributed by atoms with Crippen LogP contribution in [-0.4, -0.2) is 70.9 Å². The Morgan fingerprint density at radius 1 is 1.32 bits per heavy atom. The van der Waals surface area contributed by atoms with Crippen molar-refractivity contribution in [3.63, 3.8) is 0 Å². The normalized spacial score (nSPS) is 22.8. The lowest BCUT2D eigenvalue weighted by molar-refractivity contribution is 0.0927. The quantitative estimate of drug-likeness (QED) is 0.280. The second-order valence-electron chi connectivity index (χ2n) is 9.76. The maximum Gasteiger partial charge on any atom is 0.319 e. The number of unbranched alkanes of at least 4 members (excludes halogenated alkanes) is 2. The number of alkyl halides is 1. The predicted octanol–water partition coefficient (Wildman–Crippen LogP) is 3.92. The average molecular weight is 542 g/mol. The monoisotopic (exact) mass is 541 g/mol. The molecular weight excluding hydrogens is 504 g/mol. The van der Waals surface area contributed by atoms with Gasteiger partial charge in [0.2, 0.25) is 5.88 Å². The summed E-state index contributed by atoms with van der Waals surface area (Å²) in [6, 6.07) is -0.526. The van der Waals surface area contributed by atoms with Gasteiger partial charge >= 0.3 is 6.03 Å². The zero-order valence-corrected chi connectivity index (χ0v) is 22.0. The van der Waals surface area contributed by atoms with Gasteiger partial charge in [-0.1, -0.05) is 19.3 Å². The highest BCUT2D eigenvalue weighted by Gasteiger charge is 2.34. The summed E-state index contributed by atoms with van der Waals surface area (Å²) in [5.74, 6) is -2.51. The van der Waals surface area contributed by atoms with Crippen molar-refractivity contribution in [1.29, 1.82) is 0 Å². The van der Waals surface area contributed by atoms with E-state index in [0.29, 0.717) is 6.54 Å². The van der Waals surface area contributed by atoms with Gasteiger partial charge < -0.3 is 25.8 Å². The molecule has 0 aromatic carbocycles. The van der Waals surface area contributed by atoms with E-state index in [9.17, 15) is 23.5 Å². The number of primary amides is 1. The molecule has 206 valence electrons. The fraction of sp³-hybridized carbons (Fsp3) is 0.640. The Labute approximate surface area is 220 Å². The minimum absolute atomic E-state index is 0.106. The highest BCUT2D eigenvalue weighted by atomic mass is 32.1. The van der Waals surface area contributed by atoms with E-state index in [0.717, 1.165) is 75.1 Å². The fourth-order valence-corrected chi connectivity index (χ4v) is 5.13. The van der Waals surface area contributed by atoms with Gasteiger partial charge in [-0.25, -0.2) is 13.6 Å². The molecule has 0 saturated carbocycles. The van der Waals surface area contributed by atoms with E-state index in [1.165, 1.54) is 26.2 Å². The van der Waals surface area contributed by atoms with Crippen LogP contribution in [0.5, 0.6) is 5.88 Å². The van der Waals surface area contributed by atoms with Crippen LogP contribution in [-0.2, 0) is 0 Å². The molecule has 1 aliphatic heterocycles. The molecule has 2 aliphatic rings. The van der Waals surface area contributed by atoms with Gasteiger partial charge in [-0.15, -0.1) is 0 Å². The zero-order valence-electron chi connectivity index (χ0n) is 21.2. The highest BCUT2D eigenvalue weighted by molar-refractivity contribution is 7.11. The first-order valence-electron chi connectivity index (χ1n) is 12.8. The molecule has 3 atom stereocenters. The number of hydrogen-bond acceptors (Lipinski definition) is 7. The molecule has 0 bridgehead atoms. The number of carbonyl (C=O) groups is 2. The number of carbonyl (C=O) groups excluding carboxylic acids is 2. The number of piperidine rings is 1. The standard InChI is InChI=1S/C25H37F2N5O4S/c1-25(27)10-9-18(26)14-17(25)16-36-22-20(21(28)34)23(37-31-22)30-24(35)29-11-5-2-4-8-19(33)15-32-12-6-3-7-13-32/h9-10,14,17,19,33H,2-8,11-13,15-16H2,1H3,(H2,28,34)(H2,29,30,35). The third kappa shape index (κ3) is 9.04. The first-order chi connectivity index (χ1) is 17.7. The number of halogens is 2. The predicted molar refractivity (Wildman–Crippen MR) is 139 cm³/mol. The molecule has 5 N–H and O–H groups in total. The number of allylic oxidation sites excluding steroid dienone is 3. The van der Waals surface area contributed by atoms with E-state index in [1.54, 1.807) is 0 Å². The summed E-state index contributed by atoms with van der Waals surface area (Å²) >= 11 is 0.808. The van der Waals surface area contributed by atoms with E-state index >= 15 is 0 Å². The number of likely N-dealkylation sites (tertiary alicyclic amines) is 1. The van der Waals surface area contributed by atoms with Gasteiger partial charge in [0.1, 0.15) is 22.1 Å². The van der Waals surface area contributed by atoms with Gasteiger partial charge in [0.25, 0.3) is 5.91 Å². The Bertz CT molecular complexity index is 978. The van der Waals surface area contributed by atoms with Gasteiger partial charge in [0.05, 0.1) is 18.6 Å². The molecule has 1 fully saturated rings. The molecule has 1 aromatic heterocycles. The van der Waals surface area contributed by atoms with Crippen molar-refractivity contribution in [3.8, 4) is 5.88 Å². The van der Waals surface area contributed by atoms with Gasteiger partial charge in [-0.05, 0) is 75.5 Å². The van der Waals surface area contributed by atoms with Crippen LogP contribution in [0.4, 0.5) is 18.6 Å². The molecule has 3 unspecified atom stereocenters. The summed E-state index contributed by atoms with van der Waals surface area (Å²) in [5.41, 5.74) is 3.50. The maximum absolute atomic E-state index is 14.6.